The lowest BCUT2D eigenvalue weighted by atomic mass is 10.1. The number of rotatable bonds is 4. The number of hydrogen-bond acceptors (Lipinski definition) is 5. The molecule has 1 aromatic heterocycles. The molecule has 2 rings (SSSR count). The molecule has 0 atom stereocenters. The van der Waals surface area contributed by atoms with E-state index in [1.54, 1.807) is 0 Å². The van der Waals surface area contributed by atoms with Crippen LogP contribution in [0.4, 0.5) is 24.5 Å². The summed E-state index contributed by atoms with van der Waals surface area (Å²) in [6.07, 6.45) is -2.98. The first-order chi connectivity index (χ1) is 9.82. The molecule has 21 heavy (non-hydrogen) atoms. The third-order valence-corrected chi connectivity index (χ3v) is 2.76. The van der Waals surface area contributed by atoms with Crippen molar-refractivity contribution in [2.75, 3.05) is 5.43 Å². The first-order valence-electron chi connectivity index (χ1n) is 5.65. The summed E-state index contributed by atoms with van der Waals surface area (Å²) < 4.78 is 38.5. The fraction of sp³-hybridized carbons (Fsp3) is 0.182. The number of nitro groups is 1. The predicted molar refractivity (Wildman–Crippen MR) is 67.2 cm³/mol. The molecule has 0 unspecified atom stereocenters. The van der Waals surface area contributed by atoms with E-state index in [-0.39, 0.29) is 17.9 Å². The largest absolute Gasteiger partial charge is 0.419 e. The maximum absolute atomic E-state index is 12.5. The third kappa shape index (κ3) is 3.11. The van der Waals surface area contributed by atoms with E-state index in [0.717, 1.165) is 10.9 Å². The van der Waals surface area contributed by atoms with Crippen molar-refractivity contribution in [1.82, 2.24) is 9.78 Å². The SMILES string of the molecule is NNc1c(Cn2cc(C(F)(F)F)cn2)cccc1[N+](=O)[O-]. The number of nitrogens with one attached hydrogen (secondary N) is 1. The van der Waals surface area contributed by atoms with Crippen molar-refractivity contribution in [2.24, 2.45) is 5.84 Å². The van der Waals surface area contributed by atoms with Gasteiger partial charge in [0.25, 0.3) is 5.69 Å². The van der Waals surface area contributed by atoms with Crippen LogP contribution in [0.2, 0.25) is 0 Å². The zero-order chi connectivity index (χ0) is 15.6. The number of nitro benzene ring substituents is 1. The van der Waals surface area contributed by atoms with Gasteiger partial charge in [-0.2, -0.15) is 18.3 Å². The molecule has 112 valence electrons. The van der Waals surface area contributed by atoms with Gasteiger partial charge >= 0.3 is 6.18 Å². The normalized spacial score (nSPS) is 11.4. The van der Waals surface area contributed by atoms with Crippen LogP contribution in [-0.4, -0.2) is 14.7 Å². The molecule has 0 radical (unpaired) electrons. The summed E-state index contributed by atoms with van der Waals surface area (Å²) in [5.74, 6) is 5.25. The fourth-order valence-electron chi connectivity index (χ4n) is 1.81. The minimum Gasteiger partial charge on any atom is -0.318 e. The quantitative estimate of drug-likeness (QED) is 0.512. The zero-order valence-electron chi connectivity index (χ0n) is 10.5. The molecule has 0 spiro atoms. The van der Waals surface area contributed by atoms with Crippen LogP contribution in [0.5, 0.6) is 0 Å². The molecule has 10 heteroatoms. The van der Waals surface area contributed by atoms with Gasteiger partial charge in [-0.3, -0.25) is 20.6 Å². The van der Waals surface area contributed by atoms with Gasteiger partial charge in [-0.15, -0.1) is 0 Å². The van der Waals surface area contributed by atoms with Crippen molar-refractivity contribution in [3.05, 3.63) is 51.8 Å². The molecule has 0 aliphatic heterocycles. The van der Waals surface area contributed by atoms with E-state index in [0.29, 0.717) is 11.8 Å². The van der Waals surface area contributed by atoms with Crippen molar-refractivity contribution in [1.29, 1.82) is 0 Å². The number of anilines is 1. The van der Waals surface area contributed by atoms with Gasteiger partial charge < -0.3 is 5.43 Å². The highest BCUT2D eigenvalue weighted by Crippen LogP contribution is 2.30. The number of nitrogens with two attached hydrogens (primary N) is 1. The highest BCUT2D eigenvalue weighted by atomic mass is 19.4. The summed E-state index contributed by atoms with van der Waals surface area (Å²) in [4.78, 5) is 10.2. The molecule has 0 aliphatic rings. The van der Waals surface area contributed by atoms with E-state index in [9.17, 15) is 23.3 Å². The van der Waals surface area contributed by atoms with Crippen molar-refractivity contribution in [3.8, 4) is 0 Å². The Morgan fingerprint density at radius 2 is 2.14 bits per heavy atom. The second-order valence-corrected chi connectivity index (χ2v) is 4.14. The first kappa shape index (κ1) is 14.8. The number of aromatic nitrogens is 2. The van der Waals surface area contributed by atoms with E-state index in [1.165, 1.54) is 18.2 Å². The van der Waals surface area contributed by atoms with Gasteiger partial charge in [0.1, 0.15) is 5.69 Å². The summed E-state index contributed by atoms with van der Waals surface area (Å²) in [6.45, 7) is -0.0860. The Bertz CT molecular complexity index is 668. The molecule has 0 amide bonds. The number of para-hydroxylation sites is 1. The Labute approximate surface area is 116 Å². The first-order valence-corrected chi connectivity index (χ1v) is 5.65. The van der Waals surface area contributed by atoms with Crippen LogP contribution in [0.3, 0.4) is 0 Å². The average Bonchev–Trinajstić information content (AvgIpc) is 2.87. The van der Waals surface area contributed by atoms with Gasteiger partial charge in [-0.25, -0.2) is 0 Å². The van der Waals surface area contributed by atoms with E-state index < -0.39 is 16.7 Å². The van der Waals surface area contributed by atoms with E-state index >= 15 is 0 Å². The second-order valence-electron chi connectivity index (χ2n) is 4.14. The van der Waals surface area contributed by atoms with Crippen LogP contribution < -0.4 is 11.3 Å². The van der Waals surface area contributed by atoms with Gasteiger partial charge in [0.15, 0.2) is 0 Å². The van der Waals surface area contributed by atoms with Gasteiger partial charge in [-0.1, -0.05) is 12.1 Å². The smallest absolute Gasteiger partial charge is 0.318 e. The van der Waals surface area contributed by atoms with E-state index in [1.807, 2.05) is 0 Å². The van der Waals surface area contributed by atoms with Crippen LogP contribution in [-0.2, 0) is 12.7 Å². The maximum Gasteiger partial charge on any atom is 0.419 e. The zero-order valence-corrected chi connectivity index (χ0v) is 10.5. The van der Waals surface area contributed by atoms with Gasteiger partial charge in [-0.05, 0) is 0 Å². The van der Waals surface area contributed by atoms with Crippen LogP contribution >= 0.6 is 0 Å². The predicted octanol–water partition coefficient (Wildman–Crippen LogP) is 2.14. The van der Waals surface area contributed by atoms with Crippen molar-refractivity contribution in [2.45, 2.75) is 12.7 Å². The number of hydrogen-bond donors (Lipinski definition) is 2. The molecule has 0 saturated heterocycles. The second kappa shape index (κ2) is 5.40. The van der Waals surface area contributed by atoms with Crippen molar-refractivity contribution in [3.63, 3.8) is 0 Å². The van der Waals surface area contributed by atoms with Crippen LogP contribution in [0.1, 0.15) is 11.1 Å². The Morgan fingerprint density at radius 1 is 1.43 bits per heavy atom. The Kier molecular flexibility index (Phi) is 3.80. The molecular weight excluding hydrogens is 291 g/mol. The van der Waals surface area contributed by atoms with E-state index in [2.05, 4.69) is 10.5 Å². The summed E-state index contributed by atoms with van der Waals surface area (Å²) in [5, 5.41) is 14.4. The Hall–Kier alpha value is -2.62. The third-order valence-electron chi connectivity index (χ3n) is 2.76. The summed E-state index contributed by atoms with van der Waals surface area (Å²) in [7, 11) is 0. The van der Waals surface area contributed by atoms with Gasteiger partial charge in [0, 0.05) is 17.8 Å². The molecule has 0 bridgehead atoms. The van der Waals surface area contributed by atoms with E-state index in [4.69, 9.17) is 5.84 Å². The number of benzene rings is 1. The molecule has 0 aliphatic carbocycles. The highest BCUT2D eigenvalue weighted by Gasteiger charge is 2.32. The van der Waals surface area contributed by atoms with Crippen molar-refractivity contribution >= 4 is 11.4 Å². The lowest BCUT2D eigenvalue weighted by Crippen LogP contribution is -2.13. The molecule has 0 fully saturated rings. The lowest BCUT2D eigenvalue weighted by Gasteiger charge is -2.09. The number of halogens is 3. The molecule has 2 aromatic rings. The standard InChI is InChI=1S/C11H10F3N5O2/c12-11(13,14)8-4-16-18(6-8)5-7-2-1-3-9(19(20)21)10(7)17-15/h1-4,6,17H,5,15H2. The molecule has 3 N–H and O–H groups in total. The molecule has 1 aromatic carbocycles. The van der Waals surface area contributed by atoms with Crippen LogP contribution in [0.25, 0.3) is 0 Å². The minimum absolute atomic E-state index is 0.0339. The highest BCUT2D eigenvalue weighted by molar-refractivity contribution is 5.65. The van der Waals surface area contributed by atoms with Crippen LogP contribution in [0, 0.1) is 10.1 Å². The Morgan fingerprint density at radius 3 is 2.67 bits per heavy atom. The molecule has 0 saturated carbocycles. The van der Waals surface area contributed by atoms with Gasteiger partial charge in [0.05, 0.1) is 23.2 Å². The monoisotopic (exact) mass is 301 g/mol. The maximum atomic E-state index is 12.5. The minimum atomic E-state index is -4.49. The van der Waals surface area contributed by atoms with Gasteiger partial charge in [0.2, 0.25) is 0 Å². The number of hydrazine groups is 1. The van der Waals surface area contributed by atoms with Crippen molar-refractivity contribution < 1.29 is 18.1 Å². The van der Waals surface area contributed by atoms with Crippen LogP contribution in [0.15, 0.2) is 30.6 Å². The number of nitrogen functional groups attached to an aromatic ring is 1. The Balaban J connectivity index is 2.34. The molecule has 1 heterocycles. The molecule has 7 nitrogen and oxygen atoms in total. The topological polar surface area (TPSA) is 99.0 Å². The average molecular weight is 301 g/mol. The fourth-order valence-corrected chi connectivity index (χ4v) is 1.81. The number of alkyl halides is 3. The summed E-state index contributed by atoms with van der Waals surface area (Å²) >= 11 is 0. The number of nitrogens with zero attached hydrogens (tertiary/aromatic N) is 3. The molecular formula is C11H10F3N5O2. The summed E-state index contributed by atoms with van der Waals surface area (Å²) in [5.41, 5.74) is 1.42. The lowest BCUT2D eigenvalue weighted by molar-refractivity contribution is -0.384. The summed E-state index contributed by atoms with van der Waals surface area (Å²) in [6, 6.07) is 4.17.